The molecule has 0 rings (SSSR count). The zero-order chi connectivity index (χ0) is 10.7. The molecule has 0 unspecified atom stereocenters. The zero-order valence-electron chi connectivity index (χ0n) is 5.20. The molecule has 0 aliphatic heterocycles. The molecular weight excluding hydrogens is 437 g/mol. The van der Waals surface area contributed by atoms with E-state index in [1.807, 2.05) is 0 Å². The van der Waals surface area contributed by atoms with Crippen molar-refractivity contribution in [1.29, 1.82) is 0 Å². The summed E-state index contributed by atoms with van der Waals surface area (Å²) in [7, 11) is 0. The topological polar surface area (TPSA) is 190 Å². The van der Waals surface area contributed by atoms with Crippen molar-refractivity contribution in [2.45, 2.75) is 0 Å². The second kappa shape index (κ2) is 18.7. The van der Waals surface area contributed by atoms with Crippen LogP contribution in [0.4, 0.5) is 0 Å². The van der Waals surface area contributed by atoms with Crippen LogP contribution in [0.2, 0.25) is 0 Å². The molecule has 0 saturated carbocycles. The summed E-state index contributed by atoms with van der Waals surface area (Å²) in [6.45, 7) is 0. The van der Waals surface area contributed by atoms with E-state index < -0.39 is 34.1 Å². The molecule has 13 heavy (non-hydrogen) atoms. The van der Waals surface area contributed by atoms with Gasteiger partial charge in [0, 0.05) is 0 Å². The first kappa shape index (κ1) is 23.6. The van der Waals surface area contributed by atoms with Gasteiger partial charge in [-0.05, 0) is 0 Å². The number of rotatable bonds is 0. The van der Waals surface area contributed by atoms with E-state index in [2.05, 4.69) is 0 Å². The molecule has 86 valence electrons. The molecule has 13 heteroatoms. The van der Waals surface area contributed by atoms with Crippen LogP contribution in [-0.2, 0) is 56.5 Å². The van der Waals surface area contributed by atoms with Crippen LogP contribution in [0.15, 0.2) is 0 Å². The van der Waals surface area contributed by atoms with Crippen LogP contribution in [-0.4, -0.2) is 39.9 Å². The van der Waals surface area contributed by atoms with E-state index in [1.165, 1.54) is 0 Å². The monoisotopic (exact) mass is 437 g/mol. The van der Waals surface area contributed by atoms with Gasteiger partial charge < -0.3 is 27.3 Å². The predicted octanol–water partition coefficient (Wildman–Crippen LogP) is -3.01. The number of hydrogen-bond acceptors (Lipinski definition) is 9. The molecular formula is AuO9S3-3. The standard InChI is InChI=1S/Au.3H2O3S/c;3*1-4(2)3/h;3*(H2,1,2,3)/q+3;;;/p-6. The Morgan fingerprint density at radius 3 is 0.538 bits per heavy atom. The Hall–Kier alpha value is 0.950. The van der Waals surface area contributed by atoms with Crippen molar-refractivity contribution in [2.75, 3.05) is 0 Å². The van der Waals surface area contributed by atoms with Crippen LogP contribution >= 0.6 is 0 Å². The molecule has 0 aromatic rings. The smallest absolute Gasteiger partial charge is 0.784 e. The Bertz CT molecular complexity index is 112. The minimum atomic E-state index is -3.11. The van der Waals surface area contributed by atoms with Gasteiger partial charge in [-0.2, -0.15) is 0 Å². The minimum Gasteiger partial charge on any atom is -0.784 e. The molecule has 0 N–H and O–H groups in total. The Morgan fingerprint density at radius 2 is 0.538 bits per heavy atom. The van der Waals surface area contributed by atoms with Crippen molar-refractivity contribution in [1.82, 2.24) is 0 Å². The summed E-state index contributed by atoms with van der Waals surface area (Å²) in [6, 6.07) is 0. The molecule has 0 spiro atoms. The van der Waals surface area contributed by atoms with Crippen LogP contribution in [0.25, 0.3) is 0 Å². The molecule has 0 aliphatic carbocycles. The maximum Gasteiger partial charge on any atom is 3.00 e. The van der Waals surface area contributed by atoms with Crippen molar-refractivity contribution >= 4 is 34.1 Å². The summed E-state index contributed by atoms with van der Waals surface area (Å²) in [5.41, 5.74) is 0. The maximum atomic E-state index is 8.44. The minimum absolute atomic E-state index is 0. The van der Waals surface area contributed by atoms with Crippen LogP contribution in [0.1, 0.15) is 0 Å². The van der Waals surface area contributed by atoms with E-state index in [0.29, 0.717) is 0 Å². The van der Waals surface area contributed by atoms with Gasteiger partial charge in [-0.25, -0.2) is 0 Å². The summed E-state index contributed by atoms with van der Waals surface area (Å²) < 4.78 is 76.0. The van der Waals surface area contributed by atoms with Crippen LogP contribution in [0.5, 0.6) is 0 Å². The Balaban J connectivity index is -0.0000000450. The van der Waals surface area contributed by atoms with Gasteiger partial charge in [-0.1, -0.05) is 0 Å². The van der Waals surface area contributed by atoms with Gasteiger partial charge in [-0.15, -0.1) is 34.1 Å². The van der Waals surface area contributed by atoms with Crippen molar-refractivity contribution in [3.8, 4) is 0 Å². The molecule has 0 heterocycles. The number of hydrogen-bond donors (Lipinski definition) is 0. The van der Waals surface area contributed by atoms with E-state index in [9.17, 15) is 0 Å². The first-order chi connectivity index (χ1) is 5.20. The van der Waals surface area contributed by atoms with E-state index in [4.69, 9.17) is 39.9 Å². The maximum absolute atomic E-state index is 8.44. The Morgan fingerprint density at radius 1 is 0.538 bits per heavy atom. The fourth-order valence-electron chi connectivity index (χ4n) is 0. The molecule has 0 amide bonds. The van der Waals surface area contributed by atoms with Gasteiger partial charge in [0.05, 0.1) is 0 Å². The van der Waals surface area contributed by atoms with Gasteiger partial charge in [0.15, 0.2) is 0 Å². The van der Waals surface area contributed by atoms with Gasteiger partial charge in [0.1, 0.15) is 0 Å². The van der Waals surface area contributed by atoms with Crippen LogP contribution in [0, 0.1) is 0 Å². The third kappa shape index (κ3) is 1720. The first-order valence-corrected chi connectivity index (χ1v) is 4.50. The largest absolute Gasteiger partial charge is 3.00 e. The average molecular weight is 437 g/mol. The van der Waals surface area contributed by atoms with E-state index in [0.717, 1.165) is 0 Å². The summed E-state index contributed by atoms with van der Waals surface area (Å²) in [5, 5.41) is 0. The van der Waals surface area contributed by atoms with Crippen LogP contribution < -0.4 is 0 Å². The molecule has 0 aromatic carbocycles. The molecule has 0 radical (unpaired) electrons. The van der Waals surface area contributed by atoms with E-state index >= 15 is 0 Å². The second-order valence-corrected chi connectivity index (χ2v) is 1.84. The third-order valence-electron chi connectivity index (χ3n) is 0. The van der Waals surface area contributed by atoms with Gasteiger partial charge in [0.2, 0.25) is 0 Å². The summed E-state index contributed by atoms with van der Waals surface area (Å²) >= 11 is -9.33. The third-order valence-corrected chi connectivity index (χ3v) is 0. The summed E-state index contributed by atoms with van der Waals surface area (Å²) in [6.07, 6.45) is 0. The zero-order valence-corrected chi connectivity index (χ0v) is 9.82. The van der Waals surface area contributed by atoms with Crippen molar-refractivity contribution in [3.05, 3.63) is 0 Å². The quantitative estimate of drug-likeness (QED) is 0.281. The molecule has 0 aromatic heterocycles. The fraction of sp³-hybridized carbons (Fsp3) is 0. The van der Waals surface area contributed by atoms with Gasteiger partial charge >= 0.3 is 22.4 Å². The molecule has 0 bridgehead atoms. The SMILES string of the molecule is O=S([O-])[O-].O=S([O-])[O-].O=S([O-])[O-].[Au+3]. The molecule has 0 fully saturated rings. The second-order valence-electron chi connectivity index (χ2n) is 0.612. The van der Waals surface area contributed by atoms with Crippen molar-refractivity contribution < 1.29 is 62.3 Å². The fourth-order valence-corrected chi connectivity index (χ4v) is 0. The van der Waals surface area contributed by atoms with E-state index in [-0.39, 0.29) is 22.4 Å². The molecule has 9 nitrogen and oxygen atoms in total. The van der Waals surface area contributed by atoms with Crippen molar-refractivity contribution in [2.24, 2.45) is 0 Å². The van der Waals surface area contributed by atoms with Gasteiger partial charge in [0.25, 0.3) is 0 Å². The van der Waals surface area contributed by atoms with Gasteiger partial charge in [-0.3, -0.25) is 12.6 Å². The Kier molecular flexibility index (Phi) is 34.0. The molecule has 0 aliphatic rings. The summed E-state index contributed by atoms with van der Waals surface area (Å²) in [5.74, 6) is 0. The normalized spacial score (nSPS) is 8.08. The predicted molar refractivity (Wildman–Crippen MR) is 29.1 cm³/mol. The van der Waals surface area contributed by atoms with E-state index in [1.54, 1.807) is 0 Å². The van der Waals surface area contributed by atoms with Crippen LogP contribution in [0.3, 0.4) is 0 Å². The molecule has 0 atom stereocenters. The van der Waals surface area contributed by atoms with Crippen molar-refractivity contribution in [3.63, 3.8) is 0 Å². The molecule has 0 saturated heterocycles. The average Bonchev–Trinajstić information content (AvgIpc) is 1.54. The first-order valence-electron chi connectivity index (χ1n) is 1.50. The summed E-state index contributed by atoms with van der Waals surface area (Å²) in [4.78, 5) is 0. The Labute approximate surface area is 96.2 Å².